The number of imidazole rings is 1. The molecule has 17 heavy (non-hydrogen) atoms. The molecule has 0 fully saturated rings. The minimum Gasteiger partial charge on any atom is -0.308 e. The van der Waals surface area contributed by atoms with Gasteiger partial charge in [-0.05, 0) is 32.2 Å². The summed E-state index contributed by atoms with van der Waals surface area (Å²) in [7, 11) is 0. The number of pyridine rings is 1. The Kier molecular flexibility index (Phi) is 3.94. The number of alkyl halides is 1. The Hall–Kier alpha value is -0.740. The van der Waals surface area contributed by atoms with Crippen LogP contribution in [-0.2, 0) is 0 Å². The smallest absolute Gasteiger partial charge is 0.160 e. The van der Waals surface area contributed by atoms with E-state index < -0.39 is 0 Å². The number of aromatic nitrogens is 3. The highest BCUT2D eigenvalue weighted by Crippen LogP contribution is 2.27. The summed E-state index contributed by atoms with van der Waals surface area (Å²) < 4.78 is 2.16. The van der Waals surface area contributed by atoms with Crippen LogP contribution in [0.25, 0.3) is 11.2 Å². The van der Waals surface area contributed by atoms with Crippen molar-refractivity contribution in [3.8, 4) is 0 Å². The standard InChI is InChI=1S/C12H16ClN3S/c1-8(7-17-3)16-11(9(2)13)15-10-5-4-6-14-12(10)16/h4-6,8-9H,7H2,1-3H3. The first-order valence-corrected chi connectivity index (χ1v) is 7.44. The maximum Gasteiger partial charge on any atom is 0.160 e. The van der Waals surface area contributed by atoms with Crippen LogP contribution >= 0.6 is 23.4 Å². The molecule has 2 aromatic rings. The molecule has 0 radical (unpaired) electrons. The maximum absolute atomic E-state index is 6.21. The van der Waals surface area contributed by atoms with Gasteiger partial charge in [-0.2, -0.15) is 11.8 Å². The largest absolute Gasteiger partial charge is 0.308 e. The number of halogens is 1. The van der Waals surface area contributed by atoms with Crippen molar-refractivity contribution in [1.82, 2.24) is 14.5 Å². The number of hydrogen-bond donors (Lipinski definition) is 0. The molecule has 0 saturated carbocycles. The van der Waals surface area contributed by atoms with Crippen LogP contribution in [0.1, 0.15) is 31.1 Å². The van der Waals surface area contributed by atoms with E-state index in [2.05, 4.69) is 27.7 Å². The summed E-state index contributed by atoms with van der Waals surface area (Å²) in [6.07, 6.45) is 3.90. The third-order valence-corrected chi connectivity index (χ3v) is 3.69. The average molecular weight is 270 g/mol. The third-order valence-electron chi connectivity index (χ3n) is 2.68. The van der Waals surface area contributed by atoms with E-state index in [1.807, 2.05) is 30.8 Å². The van der Waals surface area contributed by atoms with E-state index in [-0.39, 0.29) is 5.38 Å². The molecule has 5 heteroatoms. The molecule has 92 valence electrons. The van der Waals surface area contributed by atoms with Crippen molar-refractivity contribution in [1.29, 1.82) is 0 Å². The zero-order valence-corrected chi connectivity index (χ0v) is 11.8. The molecule has 0 aromatic carbocycles. The molecule has 2 rings (SSSR count). The van der Waals surface area contributed by atoms with E-state index >= 15 is 0 Å². The second-order valence-corrected chi connectivity index (χ2v) is 5.67. The zero-order chi connectivity index (χ0) is 12.4. The number of rotatable bonds is 4. The van der Waals surface area contributed by atoms with E-state index in [0.717, 1.165) is 22.7 Å². The highest BCUT2D eigenvalue weighted by atomic mass is 35.5. The molecular formula is C12H16ClN3S. The topological polar surface area (TPSA) is 30.7 Å². The lowest BCUT2D eigenvalue weighted by atomic mass is 10.3. The maximum atomic E-state index is 6.21. The Labute approximate surface area is 111 Å². The number of fused-ring (bicyclic) bond motifs is 1. The van der Waals surface area contributed by atoms with Crippen molar-refractivity contribution in [3.05, 3.63) is 24.2 Å². The van der Waals surface area contributed by atoms with Gasteiger partial charge in [0.1, 0.15) is 11.3 Å². The van der Waals surface area contributed by atoms with Crippen molar-refractivity contribution in [2.24, 2.45) is 0 Å². The van der Waals surface area contributed by atoms with Crippen molar-refractivity contribution in [2.45, 2.75) is 25.3 Å². The SMILES string of the molecule is CSCC(C)n1c(C(C)Cl)nc2cccnc21. The van der Waals surface area contributed by atoms with Crippen molar-refractivity contribution in [3.63, 3.8) is 0 Å². The molecule has 0 saturated heterocycles. The lowest BCUT2D eigenvalue weighted by molar-refractivity contribution is 0.589. The molecule has 2 aromatic heterocycles. The van der Waals surface area contributed by atoms with Gasteiger partial charge >= 0.3 is 0 Å². The van der Waals surface area contributed by atoms with Crippen LogP contribution < -0.4 is 0 Å². The van der Waals surface area contributed by atoms with Crippen LogP contribution in [0.2, 0.25) is 0 Å². The van der Waals surface area contributed by atoms with Crippen molar-refractivity contribution >= 4 is 34.5 Å². The van der Waals surface area contributed by atoms with Crippen LogP contribution in [0, 0.1) is 0 Å². The molecule has 0 bridgehead atoms. The molecule has 2 atom stereocenters. The second kappa shape index (κ2) is 5.27. The van der Waals surface area contributed by atoms with Gasteiger partial charge < -0.3 is 4.57 Å². The first-order chi connectivity index (χ1) is 8.15. The molecule has 0 amide bonds. The van der Waals surface area contributed by atoms with Gasteiger partial charge in [-0.15, -0.1) is 11.6 Å². The van der Waals surface area contributed by atoms with Gasteiger partial charge in [0.05, 0.1) is 5.38 Å². The van der Waals surface area contributed by atoms with Crippen LogP contribution in [0.15, 0.2) is 18.3 Å². The second-order valence-electron chi connectivity index (χ2n) is 4.11. The highest BCUT2D eigenvalue weighted by Gasteiger charge is 2.19. The number of thioether (sulfide) groups is 1. The molecule has 2 unspecified atom stereocenters. The Morgan fingerprint density at radius 3 is 2.88 bits per heavy atom. The van der Waals surface area contributed by atoms with Gasteiger partial charge in [-0.3, -0.25) is 0 Å². The van der Waals surface area contributed by atoms with Crippen LogP contribution in [0.4, 0.5) is 0 Å². The van der Waals surface area contributed by atoms with Crippen LogP contribution in [0.5, 0.6) is 0 Å². The van der Waals surface area contributed by atoms with E-state index in [1.165, 1.54) is 0 Å². The third kappa shape index (κ3) is 2.43. The van der Waals surface area contributed by atoms with E-state index in [4.69, 9.17) is 11.6 Å². The number of nitrogens with zero attached hydrogens (tertiary/aromatic N) is 3. The van der Waals surface area contributed by atoms with Gasteiger partial charge in [0.15, 0.2) is 5.65 Å². The fraction of sp³-hybridized carbons (Fsp3) is 0.500. The molecule has 0 aliphatic rings. The predicted octanol–water partition coefficient (Wildman–Crippen LogP) is 3.66. The molecule has 2 heterocycles. The van der Waals surface area contributed by atoms with Crippen LogP contribution in [-0.4, -0.2) is 26.5 Å². The number of hydrogen-bond acceptors (Lipinski definition) is 3. The monoisotopic (exact) mass is 269 g/mol. The summed E-state index contributed by atoms with van der Waals surface area (Å²) in [5, 5.41) is -0.103. The van der Waals surface area contributed by atoms with Gasteiger partial charge in [0, 0.05) is 18.0 Å². The summed E-state index contributed by atoms with van der Waals surface area (Å²) in [5.41, 5.74) is 1.85. The van der Waals surface area contributed by atoms with Gasteiger partial charge in [-0.25, -0.2) is 9.97 Å². The van der Waals surface area contributed by atoms with Crippen molar-refractivity contribution < 1.29 is 0 Å². The van der Waals surface area contributed by atoms with Crippen molar-refractivity contribution in [2.75, 3.05) is 12.0 Å². The first-order valence-electron chi connectivity index (χ1n) is 5.61. The zero-order valence-electron chi connectivity index (χ0n) is 10.2. The Bertz CT molecular complexity index is 509. The van der Waals surface area contributed by atoms with E-state index in [0.29, 0.717) is 6.04 Å². The van der Waals surface area contributed by atoms with Gasteiger partial charge in [-0.1, -0.05) is 0 Å². The fourth-order valence-corrected chi connectivity index (χ4v) is 2.76. The normalized spacial score (nSPS) is 15.1. The quantitative estimate of drug-likeness (QED) is 0.794. The van der Waals surface area contributed by atoms with E-state index in [1.54, 1.807) is 6.20 Å². The molecule has 0 N–H and O–H groups in total. The molecule has 3 nitrogen and oxygen atoms in total. The minimum absolute atomic E-state index is 0.103. The highest BCUT2D eigenvalue weighted by molar-refractivity contribution is 7.98. The Morgan fingerprint density at radius 1 is 1.47 bits per heavy atom. The Balaban J connectivity index is 2.59. The molecular weight excluding hydrogens is 254 g/mol. The fourth-order valence-electron chi connectivity index (χ4n) is 1.98. The van der Waals surface area contributed by atoms with Gasteiger partial charge in [0.2, 0.25) is 0 Å². The lowest BCUT2D eigenvalue weighted by Gasteiger charge is -2.16. The Morgan fingerprint density at radius 2 is 2.24 bits per heavy atom. The van der Waals surface area contributed by atoms with Gasteiger partial charge in [0.25, 0.3) is 0 Å². The van der Waals surface area contributed by atoms with E-state index in [9.17, 15) is 0 Å². The summed E-state index contributed by atoms with van der Waals surface area (Å²) in [4.78, 5) is 8.99. The molecule has 0 aliphatic heterocycles. The minimum atomic E-state index is -0.103. The summed E-state index contributed by atoms with van der Waals surface area (Å²) in [6, 6.07) is 4.23. The average Bonchev–Trinajstić information content (AvgIpc) is 2.68. The summed E-state index contributed by atoms with van der Waals surface area (Å²) in [6.45, 7) is 4.13. The summed E-state index contributed by atoms with van der Waals surface area (Å²) >= 11 is 8.02. The molecule has 0 aliphatic carbocycles. The lowest BCUT2D eigenvalue weighted by Crippen LogP contribution is -2.12. The first kappa shape index (κ1) is 12.7. The predicted molar refractivity (Wildman–Crippen MR) is 74.9 cm³/mol. The van der Waals surface area contributed by atoms with Crippen LogP contribution in [0.3, 0.4) is 0 Å². The summed E-state index contributed by atoms with van der Waals surface area (Å²) in [5.74, 6) is 1.93. The molecule has 0 spiro atoms.